The van der Waals surface area contributed by atoms with E-state index in [-0.39, 0.29) is 5.91 Å². The van der Waals surface area contributed by atoms with Gasteiger partial charge in [0.15, 0.2) is 0 Å². The van der Waals surface area contributed by atoms with E-state index in [0.717, 1.165) is 29.7 Å². The summed E-state index contributed by atoms with van der Waals surface area (Å²) < 4.78 is 0. The summed E-state index contributed by atoms with van der Waals surface area (Å²) in [4.78, 5) is 16.3. The second-order valence-electron chi connectivity index (χ2n) is 4.58. The van der Waals surface area contributed by atoms with Gasteiger partial charge in [0.25, 0.3) is 5.91 Å². The van der Waals surface area contributed by atoms with Crippen LogP contribution < -0.4 is 11.1 Å². The molecule has 4 heteroatoms. The largest absolute Gasteiger partial charge is 0.398 e. The average molecular weight is 269 g/mol. The van der Waals surface area contributed by atoms with Crippen molar-refractivity contribution in [3.63, 3.8) is 0 Å². The van der Waals surface area contributed by atoms with E-state index in [2.05, 4.69) is 24.1 Å². The number of amides is 1. The second-order valence-corrected chi connectivity index (χ2v) is 4.58. The molecule has 1 amide bonds. The van der Waals surface area contributed by atoms with E-state index in [1.807, 2.05) is 18.2 Å². The lowest BCUT2D eigenvalue weighted by molar-refractivity contribution is 0.102. The van der Waals surface area contributed by atoms with Gasteiger partial charge < -0.3 is 11.1 Å². The number of carbonyl (C=O) groups is 1. The zero-order valence-electron chi connectivity index (χ0n) is 11.8. The van der Waals surface area contributed by atoms with E-state index in [1.165, 1.54) is 6.20 Å². The molecule has 0 fully saturated rings. The lowest BCUT2D eigenvalue weighted by Crippen LogP contribution is -2.16. The number of rotatable bonds is 4. The van der Waals surface area contributed by atoms with Crippen molar-refractivity contribution in [1.29, 1.82) is 0 Å². The summed E-state index contributed by atoms with van der Waals surface area (Å²) in [7, 11) is 0. The van der Waals surface area contributed by atoms with E-state index < -0.39 is 0 Å². The lowest BCUT2D eigenvalue weighted by atomic mass is 10.0. The molecule has 0 aliphatic rings. The third-order valence-corrected chi connectivity index (χ3v) is 3.34. The Bertz CT molecular complexity index is 601. The molecule has 20 heavy (non-hydrogen) atoms. The van der Waals surface area contributed by atoms with Crippen molar-refractivity contribution in [2.24, 2.45) is 0 Å². The van der Waals surface area contributed by atoms with E-state index in [9.17, 15) is 4.79 Å². The van der Waals surface area contributed by atoms with E-state index >= 15 is 0 Å². The van der Waals surface area contributed by atoms with Crippen LogP contribution >= 0.6 is 0 Å². The first kappa shape index (κ1) is 14.1. The molecule has 0 spiro atoms. The normalized spacial score (nSPS) is 10.3. The maximum atomic E-state index is 12.3. The number of nitrogen functional groups attached to an aromatic ring is 1. The number of para-hydroxylation sites is 1. The highest BCUT2D eigenvalue weighted by Gasteiger charge is 2.13. The first-order valence-corrected chi connectivity index (χ1v) is 6.79. The van der Waals surface area contributed by atoms with Crippen molar-refractivity contribution in [2.75, 3.05) is 11.1 Å². The number of hydrogen-bond donors (Lipinski definition) is 2. The summed E-state index contributed by atoms with van der Waals surface area (Å²) in [5.41, 5.74) is 9.80. The van der Waals surface area contributed by atoms with Crippen LogP contribution in [0.1, 0.15) is 35.3 Å². The number of nitrogens with two attached hydrogens (primary N) is 1. The topological polar surface area (TPSA) is 68.0 Å². The molecule has 0 saturated heterocycles. The van der Waals surface area contributed by atoms with Crippen LogP contribution in [0.25, 0.3) is 0 Å². The summed E-state index contributed by atoms with van der Waals surface area (Å²) in [6, 6.07) is 7.70. The molecule has 0 atom stereocenters. The van der Waals surface area contributed by atoms with Gasteiger partial charge in [-0.15, -0.1) is 0 Å². The molecule has 1 aromatic carbocycles. The zero-order chi connectivity index (χ0) is 14.5. The Labute approximate surface area is 119 Å². The minimum absolute atomic E-state index is 0.216. The Morgan fingerprint density at radius 1 is 1.20 bits per heavy atom. The van der Waals surface area contributed by atoms with Crippen LogP contribution in [-0.4, -0.2) is 10.9 Å². The highest BCUT2D eigenvalue weighted by atomic mass is 16.1. The van der Waals surface area contributed by atoms with Gasteiger partial charge >= 0.3 is 0 Å². The van der Waals surface area contributed by atoms with Gasteiger partial charge in [-0.05, 0) is 30.0 Å². The molecule has 0 radical (unpaired) electrons. The number of nitrogens with zero attached hydrogens (tertiary/aromatic N) is 1. The molecule has 0 aliphatic heterocycles. The van der Waals surface area contributed by atoms with E-state index in [0.29, 0.717) is 11.3 Å². The third-order valence-electron chi connectivity index (χ3n) is 3.34. The number of nitrogens with one attached hydrogen (secondary N) is 1. The molecule has 1 aromatic heterocycles. The molecule has 104 valence electrons. The molecule has 2 aromatic rings. The van der Waals surface area contributed by atoms with Crippen molar-refractivity contribution in [2.45, 2.75) is 26.7 Å². The molecular formula is C16H19N3O. The second kappa shape index (κ2) is 6.19. The number of aromatic nitrogens is 1. The van der Waals surface area contributed by atoms with Crippen molar-refractivity contribution < 1.29 is 4.79 Å². The van der Waals surface area contributed by atoms with Gasteiger partial charge in [0.1, 0.15) is 0 Å². The van der Waals surface area contributed by atoms with E-state index in [4.69, 9.17) is 5.73 Å². The number of anilines is 2. The van der Waals surface area contributed by atoms with Gasteiger partial charge in [-0.25, -0.2) is 0 Å². The predicted octanol–water partition coefficient (Wildman–Crippen LogP) is 3.04. The summed E-state index contributed by atoms with van der Waals surface area (Å²) in [5.74, 6) is -0.216. The van der Waals surface area contributed by atoms with Crippen molar-refractivity contribution in [3.05, 3.63) is 53.3 Å². The molecule has 3 N–H and O–H groups in total. The highest BCUT2D eigenvalue weighted by Crippen LogP contribution is 2.23. The smallest absolute Gasteiger partial charge is 0.259 e. The van der Waals surface area contributed by atoms with Crippen molar-refractivity contribution in [1.82, 2.24) is 4.98 Å². The maximum Gasteiger partial charge on any atom is 0.259 e. The molecule has 1 heterocycles. The summed E-state index contributed by atoms with van der Waals surface area (Å²) in [6.45, 7) is 4.14. The van der Waals surface area contributed by atoms with Gasteiger partial charge in [-0.1, -0.05) is 32.0 Å². The Hall–Kier alpha value is -2.36. The van der Waals surface area contributed by atoms with Gasteiger partial charge in [-0.3, -0.25) is 9.78 Å². The Morgan fingerprint density at radius 2 is 1.85 bits per heavy atom. The summed E-state index contributed by atoms with van der Waals surface area (Å²) in [5, 5.41) is 2.98. The van der Waals surface area contributed by atoms with Crippen LogP contribution in [0.2, 0.25) is 0 Å². The van der Waals surface area contributed by atoms with Crippen LogP contribution in [0.3, 0.4) is 0 Å². The van der Waals surface area contributed by atoms with Crippen molar-refractivity contribution >= 4 is 17.3 Å². The first-order chi connectivity index (χ1) is 9.67. The number of aryl methyl sites for hydroxylation is 2. The van der Waals surface area contributed by atoms with Gasteiger partial charge in [0.2, 0.25) is 0 Å². The van der Waals surface area contributed by atoms with Crippen LogP contribution in [-0.2, 0) is 12.8 Å². The van der Waals surface area contributed by atoms with Gasteiger partial charge in [0.05, 0.1) is 5.56 Å². The SMILES string of the molecule is CCc1cccc(CC)c1NC(=O)c1cnccc1N. The minimum Gasteiger partial charge on any atom is -0.398 e. The number of benzene rings is 1. The predicted molar refractivity (Wildman–Crippen MR) is 81.8 cm³/mol. The average Bonchev–Trinajstić information content (AvgIpc) is 2.47. The van der Waals surface area contributed by atoms with Gasteiger partial charge in [-0.2, -0.15) is 0 Å². The summed E-state index contributed by atoms with van der Waals surface area (Å²) in [6.07, 6.45) is 4.80. The van der Waals surface area contributed by atoms with Crippen molar-refractivity contribution in [3.8, 4) is 0 Å². The molecule has 2 rings (SSSR count). The fourth-order valence-corrected chi connectivity index (χ4v) is 2.18. The third kappa shape index (κ3) is 2.79. The molecule has 0 unspecified atom stereocenters. The Morgan fingerprint density at radius 3 is 2.40 bits per heavy atom. The quantitative estimate of drug-likeness (QED) is 0.896. The monoisotopic (exact) mass is 269 g/mol. The Balaban J connectivity index is 2.35. The number of carbonyl (C=O) groups excluding carboxylic acids is 1. The summed E-state index contributed by atoms with van der Waals surface area (Å²) >= 11 is 0. The molecule has 0 bridgehead atoms. The molecular weight excluding hydrogens is 250 g/mol. The van der Waals surface area contributed by atoms with Crippen LogP contribution in [0.5, 0.6) is 0 Å². The zero-order valence-corrected chi connectivity index (χ0v) is 11.8. The molecule has 0 saturated carbocycles. The maximum absolute atomic E-state index is 12.3. The lowest BCUT2D eigenvalue weighted by Gasteiger charge is -2.14. The fraction of sp³-hybridized carbons (Fsp3) is 0.250. The van der Waals surface area contributed by atoms with Crippen LogP contribution in [0.15, 0.2) is 36.7 Å². The van der Waals surface area contributed by atoms with Gasteiger partial charge in [0, 0.05) is 23.8 Å². The van der Waals surface area contributed by atoms with E-state index in [1.54, 1.807) is 12.3 Å². The van der Waals surface area contributed by atoms with Crippen LogP contribution in [0, 0.1) is 0 Å². The number of hydrogen-bond acceptors (Lipinski definition) is 3. The molecule has 4 nitrogen and oxygen atoms in total. The number of pyridine rings is 1. The van der Waals surface area contributed by atoms with Crippen LogP contribution in [0.4, 0.5) is 11.4 Å². The fourth-order valence-electron chi connectivity index (χ4n) is 2.18. The Kier molecular flexibility index (Phi) is 4.35. The first-order valence-electron chi connectivity index (χ1n) is 6.79. The minimum atomic E-state index is -0.216. The highest BCUT2D eigenvalue weighted by molar-refractivity contribution is 6.08. The standard InChI is InChI=1S/C16H19N3O/c1-3-11-6-5-7-12(4-2)15(11)19-16(20)13-10-18-9-8-14(13)17/h5-10H,3-4H2,1-2H3,(H2,17,18)(H,19,20). The molecule has 0 aliphatic carbocycles.